The van der Waals surface area contributed by atoms with Gasteiger partial charge in [-0.15, -0.1) is 0 Å². The lowest BCUT2D eigenvalue weighted by molar-refractivity contribution is 0.102. The first-order chi connectivity index (χ1) is 16.1. The molecule has 2 aromatic carbocycles. The van der Waals surface area contributed by atoms with Crippen LogP contribution in [0.25, 0.3) is 5.69 Å². The molecule has 0 spiro atoms. The van der Waals surface area contributed by atoms with Gasteiger partial charge in [0.25, 0.3) is 5.91 Å². The van der Waals surface area contributed by atoms with Crippen molar-refractivity contribution in [2.75, 3.05) is 31.6 Å². The largest absolute Gasteiger partial charge is 0.490 e. The zero-order valence-electron chi connectivity index (χ0n) is 19.3. The number of aromatic nitrogens is 2. The van der Waals surface area contributed by atoms with Crippen molar-refractivity contribution >= 4 is 11.6 Å². The second-order valence-electron chi connectivity index (χ2n) is 8.19. The first-order valence-electron chi connectivity index (χ1n) is 11.7. The van der Waals surface area contributed by atoms with E-state index in [4.69, 9.17) is 4.74 Å². The van der Waals surface area contributed by atoms with Gasteiger partial charge < -0.3 is 15.0 Å². The molecule has 0 radical (unpaired) electrons. The van der Waals surface area contributed by atoms with Gasteiger partial charge in [-0.05, 0) is 75.2 Å². The summed E-state index contributed by atoms with van der Waals surface area (Å²) in [6, 6.07) is 13.7. The van der Waals surface area contributed by atoms with Crippen molar-refractivity contribution in [2.45, 2.75) is 39.5 Å². The lowest BCUT2D eigenvalue weighted by atomic mass is 9.95. The van der Waals surface area contributed by atoms with Crippen LogP contribution in [0.15, 0.2) is 48.5 Å². The summed E-state index contributed by atoms with van der Waals surface area (Å²) >= 11 is 0. The summed E-state index contributed by atoms with van der Waals surface area (Å²) in [6.07, 6.45) is 3.72. The number of halogens is 1. The van der Waals surface area contributed by atoms with Gasteiger partial charge in [0, 0.05) is 17.8 Å². The minimum atomic E-state index is -0.296. The minimum Gasteiger partial charge on any atom is -0.490 e. The summed E-state index contributed by atoms with van der Waals surface area (Å²) in [4.78, 5) is 15.6. The number of carbonyl (C=O) groups excluding carboxylic acids is 1. The van der Waals surface area contributed by atoms with E-state index in [1.165, 1.54) is 12.1 Å². The van der Waals surface area contributed by atoms with Gasteiger partial charge in [-0.25, -0.2) is 9.07 Å². The Bertz CT molecular complexity index is 1090. The fourth-order valence-corrected chi connectivity index (χ4v) is 4.28. The Balaban J connectivity index is 1.55. The predicted molar refractivity (Wildman–Crippen MR) is 128 cm³/mol. The molecule has 1 heterocycles. The molecule has 33 heavy (non-hydrogen) atoms. The van der Waals surface area contributed by atoms with Crippen LogP contribution in [0.5, 0.6) is 5.75 Å². The van der Waals surface area contributed by atoms with E-state index in [1.807, 2.05) is 24.3 Å². The summed E-state index contributed by atoms with van der Waals surface area (Å²) in [5.74, 6) is 0.0917. The quantitative estimate of drug-likeness (QED) is 0.506. The zero-order valence-corrected chi connectivity index (χ0v) is 19.3. The minimum absolute atomic E-state index is 0.256. The number of likely N-dealkylation sites (N-methyl/N-ethyl adjacent to an activating group) is 1. The highest BCUT2D eigenvalue weighted by molar-refractivity contribution is 6.05. The fraction of sp³-hybridized carbons (Fsp3) is 0.385. The van der Waals surface area contributed by atoms with Gasteiger partial charge in [0.15, 0.2) is 5.69 Å². The number of hydrogen-bond acceptors (Lipinski definition) is 4. The molecule has 174 valence electrons. The van der Waals surface area contributed by atoms with Crippen molar-refractivity contribution in [1.29, 1.82) is 0 Å². The Labute approximate surface area is 194 Å². The Morgan fingerprint density at radius 3 is 2.58 bits per heavy atom. The average Bonchev–Trinajstić information content (AvgIpc) is 3.23. The van der Waals surface area contributed by atoms with Gasteiger partial charge in [0.1, 0.15) is 18.2 Å². The molecule has 7 heteroatoms. The van der Waals surface area contributed by atoms with Gasteiger partial charge >= 0.3 is 0 Å². The van der Waals surface area contributed by atoms with Crippen molar-refractivity contribution in [1.82, 2.24) is 14.7 Å². The highest BCUT2D eigenvalue weighted by Crippen LogP contribution is 2.29. The van der Waals surface area contributed by atoms with Crippen LogP contribution in [-0.4, -0.2) is 46.8 Å². The Kier molecular flexibility index (Phi) is 7.40. The Morgan fingerprint density at radius 1 is 1.09 bits per heavy atom. The number of hydrogen-bond donors (Lipinski definition) is 1. The molecule has 1 amide bonds. The number of anilines is 1. The number of fused-ring (bicyclic) bond motifs is 1. The van der Waals surface area contributed by atoms with Crippen molar-refractivity contribution in [3.8, 4) is 11.4 Å². The van der Waals surface area contributed by atoms with Crippen molar-refractivity contribution in [3.63, 3.8) is 0 Å². The molecule has 0 aliphatic heterocycles. The molecule has 1 aliphatic rings. The van der Waals surface area contributed by atoms with Gasteiger partial charge in [0.05, 0.1) is 11.4 Å². The number of para-hydroxylation sites is 2. The second-order valence-corrected chi connectivity index (χ2v) is 8.19. The van der Waals surface area contributed by atoms with Crippen LogP contribution in [0.4, 0.5) is 10.1 Å². The molecule has 0 unspecified atom stereocenters. The van der Waals surface area contributed by atoms with Crippen LogP contribution < -0.4 is 10.1 Å². The van der Waals surface area contributed by atoms with Gasteiger partial charge in [0.2, 0.25) is 0 Å². The first kappa shape index (κ1) is 23.0. The molecule has 0 atom stereocenters. The van der Waals surface area contributed by atoms with E-state index in [0.29, 0.717) is 23.7 Å². The van der Waals surface area contributed by atoms with Crippen molar-refractivity contribution < 1.29 is 13.9 Å². The van der Waals surface area contributed by atoms with E-state index in [2.05, 4.69) is 29.2 Å². The monoisotopic (exact) mass is 450 g/mol. The molecular formula is C26H31FN4O2. The SMILES string of the molecule is CCN(CC)CCOc1ccccc1NC(=O)c1nn(-c2ccc(F)cc2)c2c1CCCC2. The lowest BCUT2D eigenvalue weighted by Gasteiger charge is -2.19. The second kappa shape index (κ2) is 10.6. The molecule has 0 saturated carbocycles. The standard InChI is InChI=1S/C26H31FN4O2/c1-3-30(4-2)17-18-33-24-12-8-6-10-22(24)28-26(32)25-21-9-5-7-11-23(21)31(29-25)20-15-13-19(27)14-16-20/h6,8,10,12-16H,3-5,7,9,11,17-18H2,1-2H3,(H,28,32). The van der Waals surface area contributed by atoms with E-state index in [1.54, 1.807) is 16.8 Å². The molecule has 1 aromatic heterocycles. The molecule has 1 aliphatic carbocycles. The highest BCUT2D eigenvalue weighted by Gasteiger charge is 2.26. The van der Waals surface area contributed by atoms with E-state index in [9.17, 15) is 9.18 Å². The average molecular weight is 451 g/mol. The maximum absolute atomic E-state index is 13.4. The molecule has 6 nitrogen and oxygen atoms in total. The molecule has 0 saturated heterocycles. The van der Waals surface area contributed by atoms with Crippen LogP contribution in [0.2, 0.25) is 0 Å². The molecule has 4 rings (SSSR count). The third kappa shape index (κ3) is 5.25. The first-order valence-corrected chi connectivity index (χ1v) is 11.7. The number of nitrogens with one attached hydrogen (secondary N) is 1. The third-order valence-corrected chi connectivity index (χ3v) is 6.16. The summed E-state index contributed by atoms with van der Waals surface area (Å²) < 4.78 is 21.2. The van der Waals surface area contributed by atoms with Gasteiger partial charge in [-0.2, -0.15) is 5.10 Å². The smallest absolute Gasteiger partial charge is 0.276 e. The van der Waals surface area contributed by atoms with Crippen LogP contribution >= 0.6 is 0 Å². The van der Waals surface area contributed by atoms with Crippen LogP contribution in [0.3, 0.4) is 0 Å². The Morgan fingerprint density at radius 2 is 1.82 bits per heavy atom. The number of rotatable bonds is 9. The summed E-state index contributed by atoms with van der Waals surface area (Å²) in [5.41, 5.74) is 3.81. The topological polar surface area (TPSA) is 59.4 Å². The predicted octanol–water partition coefficient (Wildman–Crippen LogP) is 4.86. The summed E-state index contributed by atoms with van der Waals surface area (Å²) in [6.45, 7) is 7.57. The lowest BCUT2D eigenvalue weighted by Crippen LogP contribution is -2.28. The van der Waals surface area contributed by atoms with Gasteiger partial charge in [-0.3, -0.25) is 4.79 Å². The van der Waals surface area contributed by atoms with E-state index in [0.717, 1.165) is 62.3 Å². The maximum atomic E-state index is 13.4. The number of amides is 1. The normalized spacial score (nSPS) is 13.1. The Hall–Kier alpha value is -3.19. The van der Waals surface area contributed by atoms with E-state index in [-0.39, 0.29) is 11.7 Å². The van der Waals surface area contributed by atoms with Gasteiger partial charge in [-0.1, -0.05) is 26.0 Å². The van der Waals surface area contributed by atoms with Crippen molar-refractivity contribution in [3.05, 3.63) is 71.3 Å². The molecule has 1 N–H and O–H groups in total. The van der Waals surface area contributed by atoms with Crippen molar-refractivity contribution in [2.24, 2.45) is 0 Å². The van der Waals surface area contributed by atoms with Crippen LogP contribution in [0.1, 0.15) is 48.4 Å². The number of carbonyl (C=O) groups is 1. The molecule has 0 fully saturated rings. The molecular weight excluding hydrogens is 419 g/mol. The molecule has 3 aromatic rings. The summed E-state index contributed by atoms with van der Waals surface area (Å²) in [7, 11) is 0. The maximum Gasteiger partial charge on any atom is 0.276 e. The summed E-state index contributed by atoms with van der Waals surface area (Å²) in [5, 5.41) is 7.66. The zero-order chi connectivity index (χ0) is 23.2. The van der Waals surface area contributed by atoms with E-state index < -0.39 is 0 Å². The molecule has 0 bridgehead atoms. The fourth-order valence-electron chi connectivity index (χ4n) is 4.28. The highest BCUT2D eigenvalue weighted by atomic mass is 19.1. The van der Waals surface area contributed by atoms with E-state index >= 15 is 0 Å². The van der Waals surface area contributed by atoms with Crippen LogP contribution in [0, 0.1) is 5.82 Å². The number of benzene rings is 2. The number of ether oxygens (including phenoxy) is 1. The number of nitrogens with zero attached hydrogens (tertiary/aromatic N) is 3. The third-order valence-electron chi connectivity index (χ3n) is 6.16. The van der Waals surface area contributed by atoms with Crippen LogP contribution in [-0.2, 0) is 12.8 Å².